The molecule has 0 saturated heterocycles. The molecule has 0 aromatic carbocycles. The molecule has 0 bridgehead atoms. The summed E-state index contributed by atoms with van der Waals surface area (Å²) in [6, 6.07) is -0.616. The van der Waals surface area contributed by atoms with E-state index in [-0.39, 0.29) is 12.5 Å². The zero-order chi connectivity index (χ0) is 38.6. The molecule has 0 heterocycles. The highest BCUT2D eigenvalue weighted by Crippen LogP contribution is 2.17. The average Bonchev–Trinajstić information content (AvgIpc) is 3.16. The zero-order valence-electron chi connectivity index (χ0n) is 36.3. The van der Waals surface area contributed by atoms with Crippen molar-refractivity contribution in [1.29, 1.82) is 0 Å². The first kappa shape index (κ1) is 52.1. The maximum atomic E-state index is 12.4. The van der Waals surface area contributed by atoms with Crippen LogP contribution in [0.1, 0.15) is 277 Å². The van der Waals surface area contributed by atoms with Gasteiger partial charge in [-0.15, -0.1) is 0 Å². The van der Waals surface area contributed by atoms with Crippen LogP contribution in [0, 0.1) is 0 Å². The number of nitrogens with one attached hydrogen (secondary N) is 1. The van der Waals surface area contributed by atoms with Crippen LogP contribution in [-0.2, 0) is 4.79 Å². The number of hydrogen-bond donors (Lipinski definition) is 3. The number of aliphatic hydroxyl groups is 2. The van der Waals surface area contributed by atoms with Gasteiger partial charge in [-0.3, -0.25) is 4.79 Å². The van der Waals surface area contributed by atoms with Crippen LogP contribution in [0.15, 0.2) is 12.2 Å². The molecule has 1 amide bonds. The van der Waals surface area contributed by atoms with Crippen LogP contribution in [0.2, 0.25) is 0 Å². The van der Waals surface area contributed by atoms with Crippen LogP contribution in [0.4, 0.5) is 0 Å². The van der Waals surface area contributed by atoms with Crippen LogP contribution in [0.3, 0.4) is 0 Å². The topological polar surface area (TPSA) is 69.6 Å². The molecule has 2 atom stereocenters. The monoisotopic (exact) mass is 748 g/mol. The molecule has 0 aromatic heterocycles. The van der Waals surface area contributed by atoms with Crippen LogP contribution < -0.4 is 5.32 Å². The summed E-state index contributed by atoms with van der Waals surface area (Å²) in [7, 11) is 0. The van der Waals surface area contributed by atoms with Crippen molar-refractivity contribution < 1.29 is 15.0 Å². The minimum atomic E-state index is -0.834. The molecule has 0 rings (SSSR count). The van der Waals surface area contributed by atoms with Crippen molar-refractivity contribution in [2.75, 3.05) is 6.61 Å². The van der Waals surface area contributed by atoms with Crippen molar-refractivity contribution in [3.63, 3.8) is 0 Å². The summed E-state index contributed by atoms with van der Waals surface area (Å²) in [5, 5.41) is 23.0. The second-order valence-corrected chi connectivity index (χ2v) is 16.9. The summed E-state index contributed by atoms with van der Waals surface area (Å²) in [5.41, 5.74) is 0. The van der Waals surface area contributed by atoms with E-state index < -0.39 is 12.1 Å². The van der Waals surface area contributed by atoms with E-state index in [1.807, 2.05) is 6.08 Å². The fourth-order valence-electron chi connectivity index (χ4n) is 7.77. The Labute approximate surface area is 333 Å². The van der Waals surface area contributed by atoms with Crippen LogP contribution >= 0.6 is 0 Å². The normalized spacial score (nSPS) is 12.9. The van der Waals surface area contributed by atoms with Gasteiger partial charge in [-0.2, -0.15) is 0 Å². The predicted octanol–water partition coefficient (Wildman–Crippen LogP) is 15.4. The first-order valence-corrected chi connectivity index (χ1v) is 24.4. The van der Waals surface area contributed by atoms with Crippen molar-refractivity contribution in [3.8, 4) is 0 Å². The number of amides is 1. The predicted molar refractivity (Wildman–Crippen MR) is 235 cm³/mol. The Bertz CT molecular complexity index is 725. The fourth-order valence-corrected chi connectivity index (χ4v) is 7.77. The molecule has 0 radical (unpaired) electrons. The van der Waals surface area contributed by atoms with Gasteiger partial charge >= 0.3 is 0 Å². The maximum absolute atomic E-state index is 12.4. The number of unbranched alkanes of at least 4 members (excludes halogenated alkanes) is 38. The van der Waals surface area contributed by atoms with Gasteiger partial charge in [0.25, 0.3) is 0 Å². The first-order chi connectivity index (χ1) is 26.2. The zero-order valence-corrected chi connectivity index (χ0v) is 36.3. The summed E-state index contributed by atoms with van der Waals surface area (Å²) >= 11 is 0. The van der Waals surface area contributed by atoms with E-state index in [2.05, 4.69) is 19.2 Å². The van der Waals surface area contributed by atoms with E-state index in [9.17, 15) is 15.0 Å². The Morgan fingerprint density at radius 2 is 0.698 bits per heavy atom. The number of aliphatic hydroxyl groups excluding tert-OH is 2. The Morgan fingerprint density at radius 1 is 0.434 bits per heavy atom. The molecule has 2 unspecified atom stereocenters. The lowest BCUT2D eigenvalue weighted by atomic mass is 10.0. The SMILES string of the molecule is CCCCCCCCCCCCCCCCCCCCCCCCCCCC/C=C/C(O)C(CO)NC(=O)CCCCCCCCCCCCCCC. The molecule has 53 heavy (non-hydrogen) atoms. The van der Waals surface area contributed by atoms with E-state index in [1.165, 1.54) is 231 Å². The lowest BCUT2D eigenvalue weighted by molar-refractivity contribution is -0.123. The highest BCUT2D eigenvalue weighted by atomic mass is 16.3. The average molecular weight is 748 g/mol. The van der Waals surface area contributed by atoms with Gasteiger partial charge in [0.2, 0.25) is 5.91 Å². The second kappa shape index (κ2) is 45.5. The first-order valence-electron chi connectivity index (χ1n) is 24.4. The van der Waals surface area contributed by atoms with Crippen molar-refractivity contribution in [2.24, 2.45) is 0 Å². The summed E-state index contributed by atoms with van der Waals surface area (Å²) in [5.74, 6) is -0.0602. The largest absolute Gasteiger partial charge is 0.394 e. The van der Waals surface area contributed by atoms with Crippen molar-refractivity contribution in [3.05, 3.63) is 12.2 Å². The minimum absolute atomic E-state index is 0.0602. The Hall–Kier alpha value is -0.870. The molecule has 4 nitrogen and oxygen atoms in total. The molecule has 0 spiro atoms. The van der Waals surface area contributed by atoms with Gasteiger partial charge in [0, 0.05) is 6.42 Å². The third-order valence-corrected chi connectivity index (χ3v) is 11.5. The minimum Gasteiger partial charge on any atom is -0.394 e. The molecule has 0 aliphatic rings. The van der Waals surface area contributed by atoms with Crippen LogP contribution in [0.25, 0.3) is 0 Å². The van der Waals surface area contributed by atoms with E-state index in [1.54, 1.807) is 6.08 Å². The highest BCUT2D eigenvalue weighted by molar-refractivity contribution is 5.76. The number of allylic oxidation sites excluding steroid dienone is 1. The molecule has 316 valence electrons. The molecular weight excluding hydrogens is 651 g/mol. The van der Waals surface area contributed by atoms with E-state index in [0.717, 1.165) is 25.7 Å². The Kier molecular flexibility index (Phi) is 44.8. The van der Waals surface area contributed by atoms with Crippen LogP contribution in [-0.4, -0.2) is 34.9 Å². The van der Waals surface area contributed by atoms with Crippen molar-refractivity contribution >= 4 is 5.91 Å². The lowest BCUT2D eigenvalue weighted by Crippen LogP contribution is -2.45. The third-order valence-electron chi connectivity index (χ3n) is 11.5. The molecule has 0 saturated carbocycles. The summed E-state index contributed by atoms with van der Waals surface area (Å²) < 4.78 is 0. The van der Waals surface area contributed by atoms with Crippen molar-refractivity contribution in [1.82, 2.24) is 5.32 Å². The number of carbonyl (C=O) groups excluding carboxylic acids is 1. The van der Waals surface area contributed by atoms with Gasteiger partial charge in [-0.05, 0) is 19.3 Å². The number of carbonyl (C=O) groups is 1. The van der Waals surface area contributed by atoms with Gasteiger partial charge in [-0.1, -0.05) is 264 Å². The fraction of sp³-hybridized carbons (Fsp3) is 0.939. The molecular formula is C49H97NO3. The molecule has 0 fully saturated rings. The molecule has 0 aliphatic heterocycles. The molecule has 0 aliphatic carbocycles. The molecule has 4 heteroatoms. The smallest absolute Gasteiger partial charge is 0.220 e. The highest BCUT2D eigenvalue weighted by Gasteiger charge is 2.18. The quantitative estimate of drug-likeness (QED) is 0.0429. The van der Waals surface area contributed by atoms with Crippen LogP contribution in [0.5, 0.6) is 0 Å². The van der Waals surface area contributed by atoms with E-state index >= 15 is 0 Å². The van der Waals surface area contributed by atoms with Gasteiger partial charge in [0.1, 0.15) is 0 Å². The van der Waals surface area contributed by atoms with Gasteiger partial charge in [-0.25, -0.2) is 0 Å². The summed E-state index contributed by atoms with van der Waals surface area (Å²) in [4.78, 5) is 12.4. The van der Waals surface area contributed by atoms with Gasteiger partial charge in [0.05, 0.1) is 18.8 Å². The standard InChI is InChI=1S/C49H97NO3/c1-3-5-7-9-11-13-15-17-18-19-20-21-22-23-24-25-26-27-28-29-30-31-33-34-36-38-40-42-44-48(52)47(46-51)50-49(53)45-43-41-39-37-35-32-16-14-12-10-8-6-4-2/h42,44,47-48,51-52H,3-41,43,45-46H2,1-2H3,(H,50,53)/b44-42+. The van der Waals surface area contributed by atoms with E-state index in [0.29, 0.717) is 6.42 Å². The third kappa shape index (κ3) is 42.1. The van der Waals surface area contributed by atoms with Crippen molar-refractivity contribution in [2.45, 2.75) is 289 Å². The number of rotatable bonds is 45. The summed E-state index contributed by atoms with van der Waals surface area (Å²) in [6.45, 7) is 4.33. The Balaban J connectivity index is 3.45. The summed E-state index contributed by atoms with van der Waals surface area (Å²) in [6.07, 6.45) is 57.8. The maximum Gasteiger partial charge on any atom is 0.220 e. The second-order valence-electron chi connectivity index (χ2n) is 16.9. The molecule has 3 N–H and O–H groups in total. The lowest BCUT2D eigenvalue weighted by Gasteiger charge is -2.20. The van der Waals surface area contributed by atoms with Gasteiger partial charge < -0.3 is 15.5 Å². The molecule has 0 aromatic rings. The number of hydrogen-bond acceptors (Lipinski definition) is 3. The Morgan fingerprint density at radius 3 is 0.981 bits per heavy atom. The van der Waals surface area contributed by atoms with E-state index in [4.69, 9.17) is 0 Å². The van der Waals surface area contributed by atoms with Gasteiger partial charge in [0.15, 0.2) is 0 Å².